The van der Waals surface area contributed by atoms with Crippen molar-refractivity contribution in [3.8, 4) is 0 Å². The lowest BCUT2D eigenvalue weighted by Crippen LogP contribution is -2.44. The fourth-order valence-electron chi connectivity index (χ4n) is 4.04. The van der Waals surface area contributed by atoms with Crippen LogP contribution in [0.5, 0.6) is 0 Å². The highest BCUT2D eigenvalue weighted by molar-refractivity contribution is 9.10. The first kappa shape index (κ1) is 21.5. The second-order valence-electron chi connectivity index (χ2n) is 8.04. The minimum atomic E-state index is -0.360. The van der Waals surface area contributed by atoms with Crippen molar-refractivity contribution in [2.45, 2.75) is 13.3 Å². The predicted molar refractivity (Wildman–Crippen MR) is 124 cm³/mol. The second kappa shape index (κ2) is 8.80. The van der Waals surface area contributed by atoms with E-state index in [1.54, 1.807) is 18.2 Å². The molecule has 1 saturated heterocycles. The topological polar surface area (TPSA) is 73.0 Å². The van der Waals surface area contributed by atoms with Crippen LogP contribution in [-0.2, 0) is 4.79 Å². The van der Waals surface area contributed by atoms with E-state index in [1.165, 1.54) is 5.69 Å². The van der Waals surface area contributed by atoms with Crippen molar-refractivity contribution >= 4 is 45.0 Å². The van der Waals surface area contributed by atoms with Gasteiger partial charge in [0.15, 0.2) is 0 Å². The van der Waals surface area contributed by atoms with E-state index in [-0.39, 0.29) is 30.7 Å². The van der Waals surface area contributed by atoms with E-state index in [0.29, 0.717) is 16.8 Å². The Balaban J connectivity index is 1.35. The van der Waals surface area contributed by atoms with Gasteiger partial charge in [0, 0.05) is 55.0 Å². The number of amides is 3. The van der Waals surface area contributed by atoms with Gasteiger partial charge in [-0.2, -0.15) is 0 Å². The first-order valence-corrected chi connectivity index (χ1v) is 11.1. The van der Waals surface area contributed by atoms with E-state index >= 15 is 0 Å². The highest BCUT2D eigenvalue weighted by atomic mass is 79.9. The number of nitrogens with zero attached hydrogens (tertiary/aromatic N) is 3. The van der Waals surface area contributed by atoms with E-state index in [4.69, 9.17) is 0 Å². The molecule has 0 aromatic heterocycles. The maximum atomic E-state index is 12.5. The largest absolute Gasteiger partial charge is 0.369 e. The van der Waals surface area contributed by atoms with Gasteiger partial charge in [-0.25, -0.2) is 0 Å². The molecule has 0 bridgehead atoms. The van der Waals surface area contributed by atoms with Gasteiger partial charge in [-0.05, 0) is 55.9 Å². The molecular weight excluding hydrogens is 460 g/mol. The monoisotopic (exact) mass is 484 g/mol. The zero-order valence-electron chi connectivity index (χ0n) is 17.7. The molecule has 0 aliphatic carbocycles. The first-order valence-electron chi connectivity index (χ1n) is 10.3. The lowest BCUT2D eigenvalue weighted by atomic mass is 10.1. The van der Waals surface area contributed by atoms with Crippen molar-refractivity contribution in [1.82, 2.24) is 9.80 Å². The maximum absolute atomic E-state index is 12.5. The fraction of sp³-hybridized carbons (Fsp3) is 0.348. The number of hydrogen-bond donors (Lipinski definition) is 1. The van der Waals surface area contributed by atoms with E-state index in [9.17, 15) is 14.4 Å². The summed E-state index contributed by atoms with van der Waals surface area (Å²) >= 11 is 3.32. The van der Waals surface area contributed by atoms with Crippen molar-refractivity contribution < 1.29 is 14.4 Å². The molecule has 0 saturated carbocycles. The summed E-state index contributed by atoms with van der Waals surface area (Å²) in [7, 11) is 2.13. The molecule has 31 heavy (non-hydrogen) atoms. The maximum Gasteiger partial charge on any atom is 0.261 e. The number of benzene rings is 2. The lowest BCUT2D eigenvalue weighted by molar-refractivity contribution is -0.116. The van der Waals surface area contributed by atoms with E-state index in [2.05, 4.69) is 38.1 Å². The Kier molecular flexibility index (Phi) is 6.11. The van der Waals surface area contributed by atoms with Gasteiger partial charge in [0.05, 0.1) is 11.1 Å². The van der Waals surface area contributed by atoms with Crippen LogP contribution in [0.3, 0.4) is 0 Å². The van der Waals surface area contributed by atoms with Crippen LogP contribution < -0.4 is 10.2 Å². The third-order valence-corrected chi connectivity index (χ3v) is 6.31. The number of halogens is 1. The van der Waals surface area contributed by atoms with Crippen molar-refractivity contribution in [2.24, 2.45) is 0 Å². The zero-order valence-corrected chi connectivity index (χ0v) is 19.2. The van der Waals surface area contributed by atoms with Gasteiger partial charge >= 0.3 is 0 Å². The third-order valence-electron chi connectivity index (χ3n) is 5.82. The lowest BCUT2D eigenvalue weighted by Gasteiger charge is -2.35. The molecular formula is C23H25BrN4O3. The Labute approximate surface area is 190 Å². The van der Waals surface area contributed by atoms with Crippen LogP contribution in [0.2, 0.25) is 0 Å². The average molecular weight is 485 g/mol. The molecule has 0 radical (unpaired) electrons. The van der Waals surface area contributed by atoms with Gasteiger partial charge < -0.3 is 15.1 Å². The molecule has 2 aromatic carbocycles. The number of nitrogens with one attached hydrogen (secondary N) is 1. The number of fused-ring (bicyclic) bond motifs is 1. The average Bonchev–Trinajstić information content (AvgIpc) is 2.97. The molecule has 3 amide bonds. The highest BCUT2D eigenvalue weighted by Gasteiger charge is 2.35. The summed E-state index contributed by atoms with van der Waals surface area (Å²) in [6.07, 6.45) is 0.0475. The van der Waals surface area contributed by atoms with Gasteiger partial charge in [-0.1, -0.05) is 15.9 Å². The van der Waals surface area contributed by atoms with Crippen molar-refractivity contribution in [3.63, 3.8) is 0 Å². The minimum Gasteiger partial charge on any atom is -0.369 e. The molecule has 2 aliphatic heterocycles. The molecule has 7 nitrogen and oxygen atoms in total. The molecule has 0 atom stereocenters. The molecule has 2 aromatic rings. The van der Waals surface area contributed by atoms with Gasteiger partial charge in [-0.3, -0.25) is 19.3 Å². The Bertz CT molecular complexity index is 1050. The van der Waals surface area contributed by atoms with Crippen molar-refractivity contribution in [3.05, 3.63) is 57.6 Å². The smallest absolute Gasteiger partial charge is 0.261 e. The summed E-state index contributed by atoms with van der Waals surface area (Å²) < 4.78 is 0.738. The van der Waals surface area contributed by atoms with Crippen LogP contribution in [0.15, 0.2) is 40.9 Å². The Hall–Kier alpha value is -2.71. The number of anilines is 2. The Morgan fingerprint density at radius 2 is 1.71 bits per heavy atom. The quantitative estimate of drug-likeness (QED) is 0.659. The van der Waals surface area contributed by atoms with Crippen molar-refractivity contribution in [2.75, 3.05) is 50.0 Å². The number of carbonyl (C=O) groups is 3. The van der Waals surface area contributed by atoms with E-state index in [1.807, 2.05) is 25.1 Å². The molecule has 1 fully saturated rings. The van der Waals surface area contributed by atoms with Crippen LogP contribution in [0, 0.1) is 6.92 Å². The Morgan fingerprint density at radius 1 is 1.00 bits per heavy atom. The van der Waals surface area contributed by atoms with Crippen molar-refractivity contribution in [1.29, 1.82) is 0 Å². The van der Waals surface area contributed by atoms with Gasteiger partial charge in [0.2, 0.25) is 5.91 Å². The number of imide groups is 1. The number of hydrogen-bond acceptors (Lipinski definition) is 5. The SMILES string of the molecule is Cc1cc(NC(=O)CCN2C(=O)c3ccc(Br)cc3C2=O)ccc1N1CCN(C)CC1. The number of aryl methyl sites for hydroxylation is 1. The van der Waals surface area contributed by atoms with Crippen LogP contribution in [0.25, 0.3) is 0 Å². The van der Waals surface area contributed by atoms with E-state index < -0.39 is 0 Å². The fourth-order valence-corrected chi connectivity index (χ4v) is 4.40. The normalized spacial score (nSPS) is 16.6. The van der Waals surface area contributed by atoms with Crippen LogP contribution in [0.4, 0.5) is 11.4 Å². The summed E-state index contributed by atoms with van der Waals surface area (Å²) in [4.78, 5) is 43.3. The third kappa shape index (κ3) is 4.50. The second-order valence-corrected chi connectivity index (χ2v) is 8.96. The summed E-state index contributed by atoms with van der Waals surface area (Å²) in [5.41, 5.74) is 3.75. The first-order chi connectivity index (χ1) is 14.8. The summed E-state index contributed by atoms with van der Waals surface area (Å²) in [5, 5.41) is 2.88. The predicted octanol–water partition coefficient (Wildman–Crippen LogP) is 3.13. The van der Waals surface area contributed by atoms with Crippen LogP contribution in [0.1, 0.15) is 32.7 Å². The standard InChI is InChI=1S/C23H25BrN4O3/c1-15-13-17(4-6-20(15)27-11-9-26(2)10-12-27)25-21(29)7-8-28-22(30)18-5-3-16(24)14-19(18)23(28)31/h3-6,13-14H,7-12H2,1-2H3,(H,25,29). The number of rotatable bonds is 5. The molecule has 2 heterocycles. The molecule has 1 N–H and O–H groups in total. The van der Waals surface area contributed by atoms with Gasteiger partial charge in [-0.15, -0.1) is 0 Å². The molecule has 2 aliphatic rings. The molecule has 0 spiro atoms. The van der Waals surface area contributed by atoms with Crippen LogP contribution in [-0.4, -0.2) is 67.3 Å². The highest BCUT2D eigenvalue weighted by Crippen LogP contribution is 2.27. The summed E-state index contributed by atoms with van der Waals surface area (Å²) in [5.74, 6) is -0.946. The molecule has 0 unspecified atom stereocenters. The molecule has 4 rings (SSSR count). The summed E-state index contributed by atoms with van der Waals surface area (Å²) in [6.45, 7) is 6.13. The van der Waals surface area contributed by atoms with E-state index in [0.717, 1.165) is 41.1 Å². The van der Waals surface area contributed by atoms with Gasteiger partial charge in [0.1, 0.15) is 0 Å². The zero-order chi connectivity index (χ0) is 22.1. The summed E-state index contributed by atoms with van der Waals surface area (Å²) in [6, 6.07) is 10.9. The number of likely N-dealkylation sites (N-methyl/N-ethyl adjacent to an activating group) is 1. The molecule has 162 valence electrons. The number of piperazine rings is 1. The van der Waals surface area contributed by atoms with Gasteiger partial charge in [0.25, 0.3) is 11.8 Å². The van der Waals surface area contributed by atoms with Crippen LogP contribution >= 0.6 is 15.9 Å². The minimum absolute atomic E-state index is 0.0475. The number of carbonyl (C=O) groups excluding carboxylic acids is 3. The molecule has 8 heteroatoms. The Morgan fingerprint density at radius 3 is 2.42 bits per heavy atom.